The lowest BCUT2D eigenvalue weighted by Crippen LogP contribution is -2.41. The second-order valence-electron chi connectivity index (χ2n) is 5.03. The minimum absolute atomic E-state index is 0.284. The predicted octanol–water partition coefficient (Wildman–Crippen LogP) is 2.96. The van der Waals surface area contributed by atoms with E-state index in [2.05, 4.69) is 19.1 Å². The summed E-state index contributed by atoms with van der Waals surface area (Å²) in [6, 6.07) is 4.19. The monoisotopic (exact) mass is 237 g/mol. The molecule has 0 spiro atoms. The summed E-state index contributed by atoms with van der Waals surface area (Å²) in [6.45, 7) is 8.04. The quantitative estimate of drug-likeness (QED) is 0.774. The lowest BCUT2D eigenvalue weighted by atomic mass is 9.89. The zero-order valence-corrected chi connectivity index (χ0v) is 11.1. The van der Waals surface area contributed by atoms with E-state index in [-0.39, 0.29) is 11.3 Å². The van der Waals surface area contributed by atoms with Crippen LogP contribution in [0.4, 0.5) is 0 Å². The number of hydrogen-bond acceptors (Lipinski definition) is 2. The van der Waals surface area contributed by atoms with Crippen molar-refractivity contribution in [1.29, 1.82) is 0 Å². The van der Waals surface area contributed by atoms with Crippen LogP contribution in [-0.2, 0) is 10.2 Å². The molecule has 2 rings (SSSR count). The summed E-state index contributed by atoms with van der Waals surface area (Å²) in [5.41, 5.74) is -0.358. The van der Waals surface area contributed by atoms with Crippen LogP contribution >= 0.6 is 11.3 Å². The number of carbonyl (C=O) groups excluding carboxylic acids is 1. The molecule has 0 aliphatic carbocycles. The molecule has 0 atom stereocenters. The lowest BCUT2D eigenvalue weighted by molar-refractivity contribution is -0.135. The maximum Gasteiger partial charge on any atom is 0.233 e. The first kappa shape index (κ1) is 11.6. The Morgan fingerprint density at radius 2 is 1.94 bits per heavy atom. The number of amides is 1. The molecule has 0 aromatic carbocycles. The van der Waals surface area contributed by atoms with Crippen molar-refractivity contribution in [3.63, 3.8) is 0 Å². The van der Waals surface area contributed by atoms with Gasteiger partial charge in [-0.05, 0) is 45.7 Å². The fraction of sp³-hybridized carbons (Fsp3) is 0.615. The zero-order chi connectivity index (χ0) is 11.8. The van der Waals surface area contributed by atoms with Crippen LogP contribution in [0, 0.1) is 6.92 Å². The Hall–Kier alpha value is -0.830. The van der Waals surface area contributed by atoms with Crippen LogP contribution in [0.25, 0.3) is 0 Å². The summed E-state index contributed by atoms with van der Waals surface area (Å²) < 4.78 is 0. The fourth-order valence-corrected chi connectivity index (χ4v) is 3.15. The SMILES string of the molecule is Cc1ccc(C(C)(C)C(=O)N2CCCC2)s1. The van der Waals surface area contributed by atoms with E-state index in [1.807, 2.05) is 18.7 Å². The van der Waals surface area contributed by atoms with Gasteiger partial charge in [0.2, 0.25) is 5.91 Å². The van der Waals surface area contributed by atoms with Crippen LogP contribution in [-0.4, -0.2) is 23.9 Å². The molecule has 1 saturated heterocycles. The van der Waals surface area contributed by atoms with Crippen LogP contribution in [0.1, 0.15) is 36.4 Å². The number of hydrogen-bond donors (Lipinski definition) is 0. The van der Waals surface area contributed by atoms with Crippen molar-refractivity contribution in [2.75, 3.05) is 13.1 Å². The third-order valence-corrected chi connectivity index (χ3v) is 4.61. The average Bonchev–Trinajstić information content (AvgIpc) is 2.86. The number of rotatable bonds is 2. The van der Waals surface area contributed by atoms with Crippen molar-refractivity contribution < 1.29 is 4.79 Å². The molecule has 0 saturated carbocycles. The van der Waals surface area contributed by atoms with Crippen LogP contribution in [0.15, 0.2) is 12.1 Å². The predicted molar refractivity (Wildman–Crippen MR) is 67.9 cm³/mol. The minimum atomic E-state index is -0.358. The second-order valence-corrected chi connectivity index (χ2v) is 6.32. The number of thiophene rings is 1. The highest BCUT2D eigenvalue weighted by Gasteiger charge is 2.35. The van der Waals surface area contributed by atoms with Gasteiger partial charge in [-0.25, -0.2) is 0 Å². The maximum absolute atomic E-state index is 12.4. The molecule has 0 unspecified atom stereocenters. The normalized spacial score (nSPS) is 16.8. The molecule has 0 N–H and O–H groups in total. The van der Waals surface area contributed by atoms with Crippen molar-refractivity contribution in [3.05, 3.63) is 21.9 Å². The molecule has 1 aromatic heterocycles. The van der Waals surface area contributed by atoms with Gasteiger partial charge in [0.15, 0.2) is 0 Å². The number of aryl methyl sites for hydroxylation is 1. The largest absolute Gasteiger partial charge is 0.342 e. The Balaban J connectivity index is 2.20. The Kier molecular flexibility index (Phi) is 3.06. The zero-order valence-electron chi connectivity index (χ0n) is 10.2. The first-order valence-corrected chi connectivity index (χ1v) is 6.70. The van der Waals surface area contributed by atoms with Gasteiger partial charge in [-0.1, -0.05) is 0 Å². The van der Waals surface area contributed by atoms with Gasteiger partial charge in [-0.15, -0.1) is 11.3 Å². The van der Waals surface area contributed by atoms with Gasteiger partial charge in [0, 0.05) is 22.8 Å². The number of nitrogens with zero attached hydrogens (tertiary/aromatic N) is 1. The van der Waals surface area contributed by atoms with Gasteiger partial charge < -0.3 is 4.90 Å². The van der Waals surface area contributed by atoms with E-state index in [0.29, 0.717) is 0 Å². The highest BCUT2D eigenvalue weighted by molar-refractivity contribution is 7.12. The molecule has 16 heavy (non-hydrogen) atoms. The van der Waals surface area contributed by atoms with Crippen LogP contribution in [0.2, 0.25) is 0 Å². The molecule has 0 radical (unpaired) electrons. The maximum atomic E-state index is 12.4. The Morgan fingerprint density at radius 3 is 2.44 bits per heavy atom. The molecule has 1 aliphatic rings. The van der Waals surface area contributed by atoms with Crippen molar-refractivity contribution in [1.82, 2.24) is 4.90 Å². The number of carbonyl (C=O) groups is 1. The molecule has 2 heterocycles. The fourth-order valence-electron chi connectivity index (χ4n) is 2.19. The second kappa shape index (κ2) is 4.21. The topological polar surface area (TPSA) is 20.3 Å². The summed E-state index contributed by atoms with van der Waals surface area (Å²) in [5, 5.41) is 0. The van der Waals surface area contributed by atoms with E-state index in [1.54, 1.807) is 11.3 Å². The highest BCUT2D eigenvalue weighted by atomic mass is 32.1. The molecule has 1 aromatic rings. The summed E-state index contributed by atoms with van der Waals surface area (Å²) in [4.78, 5) is 16.9. The molecule has 1 fully saturated rings. The summed E-state index contributed by atoms with van der Waals surface area (Å²) in [5.74, 6) is 0.284. The van der Waals surface area contributed by atoms with Crippen LogP contribution < -0.4 is 0 Å². The first-order chi connectivity index (χ1) is 7.51. The molecule has 0 bridgehead atoms. The smallest absolute Gasteiger partial charge is 0.233 e. The lowest BCUT2D eigenvalue weighted by Gasteiger charge is -2.28. The summed E-state index contributed by atoms with van der Waals surface area (Å²) >= 11 is 1.73. The molecular weight excluding hydrogens is 218 g/mol. The Morgan fingerprint density at radius 1 is 1.31 bits per heavy atom. The van der Waals surface area contributed by atoms with Crippen molar-refractivity contribution in [3.8, 4) is 0 Å². The first-order valence-electron chi connectivity index (χ1n) is 5.88. The van der Waals surface area contributed by atoms with E-state index in [9.17, 15) is 4.79 Å². The molecule has 1 aliphatic heterocycles. The van der Waals surface area contributed by atoms with Crippen molar-refractivity contribution in [2.45, 2.75) is 39.0 Å². The highest BCUT2D eigenvalue weighted by Crippen LogP contribution is 2.32. The summed E-state index contributed by atoms with van der Waals surface area (Å²) in [6.07, 6.45) is 2.32. The van der Waals surface area contributed by atoms with Crippen LogP contribution in [0.5, 0.6) is 0 Å². The Labute approximate surface area is 101 Å². The Bertz CT molecular complexity index is 388. The molecule has 3 heteroatoms. The van der Waals surface area contributed by atoms with E-state index in [0.717, 1.165) is 25.9 Å². The van der Waals surface area contributed by atoms with Gasteiger partial charge in [0.1, 0.15) is 0 Å². The molecule has 1 amide bonds. The number of likely N-dealkylation sites (tertiary alicyclic amines) is 1. The standard InChI is InChI=1S/C13H19NOS/c1-10-6-7-11(16-10)13(2,3)12(15)14-8-4-5-9-14/h6-7H,4-5,8-9H2,1-3H3. The van der Waals surface area contributed by atoms with E-state index >= 15 is 0 Å². The van der Waals surface area contributed by atoms with E-state index in [1.165, 1.54) is 9.75 Å². The third kappa shape index (κ3) is 2.01. The van der Waals surface area contributed by atoms with Crippen molar-refractivity contribution in [2.24, 2.45) is 0 Å². The summed E-state index contributed by atoms with van der Waals surface area (Å²) in [7, 11) is 0. The molecular formula is C13H19NOS. The molecule has 2 nitrogen and oxygen atoms in total. The van der Waals surface area contributed by atoms with Crippen LogP contribution in [0.3, 0.4) is 0 Å². The molecule has 88 valence electrons. The van der Waals surface area contributed by atoms with Crippen molar-refractivity contribution >= 4 is 17.2 Å². The van der Waals surface area contributed by atoms with Gasteiger partial charge in [0.05, 0.1) is 5.41 Å². The average molecular weight is 237 g/mol. The third-order valence-electron chi connectivity index (χ3n) is 3.28. The van der Waals surface area contributed by atoms with E-state index < -0.39 is 0 Å². The van der Waals surface area contributed by atoms with Gasteiger partial charge in [0.25, 0.3) is 0 Å². The van der Waals surface area contributed by atoms with Gasteiger partial charge in [-0.3, -0.25) is 4.79 Å². The van der Waals surface area contributed by atoms with Gasteiger partial charge >= 0.3 is 0 Å². The van der Waals surface area contributed by atoms with E-state index in [4.69, 9.17) is 0 Å². The minimum Gasteiger partial charge on any atom is -0.342 e. The van der Waals surface area contributed by atoms with Gasteiger partial charge in [-0.2, -0.15) is 0 Å².